The first kappa shape index (κ1) is 15.9. The zero-order chi connectivity index (χ0) is 14.5. The fourth-order valence-corrected chi connectivity index (χ4v) is 2.87. The highest BCUT2D eigenvalue weighted by Gasteiger charge is 2.21. The molecule has 0 saturated carbocycles. The quantitative estimate of drug-likeness (QED) is 0.795. The highest BCUT2D eigenvalue weighted by molar-refractivity contribution is 7.89. The van der Waals surface area contributed by atoms with Crippen molar-refractivity contribution in [3.05, 3.63) is 24.3 Å². The highest BCUT2D eigenvalue weighted by atomic mass is 32.2. The van der Waals surface area contributed by atoms with Crippen LogP contribution in [0.5, 0.6) is 0 Å². The van der Waals surface area contributed by atoms with Crippen molar-refractivity contribution in [3.8, 4) is 0 Å². The van der Waals surface area contributed by atoms with Crippen LogP contribution in [-0.2, 0) is 10.0 Å². The largest absolute Gasteiger partial charge is 0.380 e. The Balaban J connectivity index is 3.09. The van der Waals surface area contributed by atoms with Gasteiger partial charge in [-0.1, -0.05) is 25.5 Å². The van der Waals surface area contributed by atoms with Gasteiger partial charge in [0.2, 0.25) is 10.0 Å². The van der Waals surface area contributed by atoms with Crippen molar-refractivity contribution in [3.63, 3.8) is 0 Å². The van der Waals surface area contributed by atoms with Gasteiger partial charge in [0.05, 0.1) is 5.69 Å². The smallest absolute Gasteiger partial charge is 0.244 e. The molecular formula is C13H23N3O2S. The van der Waals surface area contributed by atoms with Crippen LogP contribution in [0.25, 0.3) is 0 Å². The van der Waals surface area contributed by atoms with Gasteiger partial charge in [-0.25, -0.2) is 12.7 Å². The van der Waals surface area contributed by atoms with Crippen molar-refractivity contribution in [1.29, 1.82) is 0 Å². The maximum absolute atomic E-state index is 12.2. The molecular weight excluding hydrogens is 262 g/mol. The molecule has 19 heavy (non-hydrogen) atoms. The zero-order valence-corrected chi connectivity index (χ0v) is 12.6. The minimum Gasteiger partial charge on any atom is -0.380 e. The van der Waals surface area contributed by atoms with Gasteiger partial charge in [0.25, 0.3) is 0 Å². The van der Waals surface area contributed by atoms with Crippen molar-refractivity contribution >= 4 is 15.7 Å². The van der Waals surface area contributed by atoms with E-state index in [4.69, 9.17) is 5.73 Å². The molecule has 1 atom stereocenters. The van der Waals surface area contributed by atoms with Crippen molar-refractivity contribution in [2.75, 3.05) is 26.0 Å². The molecule has 0 saturated heterocycles. The Morgan fingerprint density at radius 3 is 2.47 bits per heavy atom. The molecule has 1 unspecified atom stereocenters. The van der Waals surface area contributed by atoms with Crippen molar-refractivity contribution < 1.29 is 8.42 Å². The van der Waals surface area contributed by atoms with Crippen LogP contribution in [0.15, 0.2) is 29.2 Å². The number of sulfonamides is 1. The summed E-state index contributed by atoms with van der Waals surface area (Å²) in [7, 11) is -0.394. The van der Waals surface area contributed by atoms with Crippen LogP contribution in [-0.4, -0.2) is 39.4 Å². The van der Waals surface area contributed by atoms with E-state index < -0.39 is 10.0 Å². The van der Waals surface area contributed by atoms with E-state index in [1.807, 2.05) is 6.07 Å². The van der Waals surface area contributed by atoms with Gasteiger partial charge in [0, 0.05) is 26.7 Å². The minimum absolute atomic E-state index is 0.0866. The van der Waals surface area contributed by atoms with E-state index >= 15 is 0 Å². The number of hydrogen-bond donors (Lipinski definition) is 2. The number of nitrogens with two attached hydrogens (primary N) is 1. The average molecular weight is 285 g/mol. The van der Waals surface area contributed by atoms with Crippen LogP contribution in [0.1, 0.15) is 19.8 Å². The van der Waals surface area contributed by atoms with Crippen molar-refractivity contribution in [1.82, 2.24) is 4.31 Å². The Hall–Kier alpha value is -1.11. The van der Waals surface area contributed by atoms with Crippen LogP contribution in [0.3, 0.4) is 0 Å². The number of hydrogen-bond acceptors (Lipinski definition) is 4. The van der Waals surface area contributed by atoms with E-state index in [0.717, 1.165) is 12.8 Å². The average Bonchev–Trinajstić information content (AvgIpc) is 2.38. The second kappa shape index (κ2) is 6.88. The van der Waals surface area contributed by atoms with Gasteiger partial charge in [-0.15, -0.1) is 0 Å². The van der Waals surface area contributed by atoms with E-state index in [0.29, 0.717) is 12.2 Å². The summed E-state index contributed by atoms with van der Waals surface area (Å²) in [5.41, 5.74) is 6.31. The Morgan fingerprint density at radius 2 is 1.95 bits per heavy atom. The van der Waals surface area contributed by atoms with Crippen LogP contribution in [0.4, 0.5) is 5.69 Å². The normalized spacial score (nSPS) is 13.5. The van der Waals surface area contributed by atoms with Gasteiger partial charge in [-0.2, -0.15) is 0 Å². The number of para-hydroxylation sites is 1. The number of nitrogens with one attached hydrogen (secondary N) is 1. The van der Waals surface area contributed by atoms with Crippen LogP contribution in [0.2, 0.25) is 0 Å². The van der Waals surface area contributed by atoms with E-state index in [-0.39, 0.29) is 10.9 Å². The molecule has 5 nitrogen and oxygen atoms in total. The second-order valence-corrected chi connectivity index (χ2v) is 6.77. The first-order valence-electron chi connectivity index (χ1n) is 6.41. The van der Waals surface area contributed by atoms with Crippen LogP contribution in [0, 0.1) is 0 Å². The van der Waals surface area contributed by atoms with Gasteiger partial charge in [-0.3, -0.25) is 0 Å². The summed E-state index contributed by atoms with van der Waals surface area (Å²) in [5, 5.41) is 3.23. The van der Waals surface area contributed by atoms with Gasteiger partial charge in [0.1, 0.15) is 4.90 Å². The first-order chi connectivity index (χ1) is 8.93. The van der Waals surface area contributed by atoms with E-state index in [1.54, 1.807) is 18.2 Å². The van der Waals surface area contributed by atoms with E-state index in [9.17, 15) is 8.42 Å². The zero-order valence-electron chi connectivity index (χ0n) is 11.8. The molecule has 0 aromatic heterocycles. The lowest BCUT2D eigenvalue weighted by molar-refractivity contribution is 0.520. The van der Waals surface area contributed by atoms with Gasteiger partial charge < -0.3 is 11.1 Å². The molecule has 1 aromatic carbocycles. The molecule has 6 heteroatoms. The van der Waals surface area contributed by atoms with E-state index in [2.05, 4.69) is 12.2 Å². The number of rotatable bonds is 7. The molecule has 3 N–H and O–H groups in total. The molecule has 0 amide bonds. The molecule has 0 aliphatic rings. The minimum atomic E-state index is -3.45. The molecule has 0 bridgehead atoms. The lowest BCUT2D eigenvalue weighted by atomic mass is 10.1. The van der Waals surface area contributed by atoms with Gasteiger partial charge in [0.15, 0.2) is 0 Å². The fraction of sp³-hybridized carbons (Fsp3) is 0.538. The molecule has 0 fully saturated rings. The summed E-state index contributed by atoms with van der Waals surface area (Å²) in [6.07, 6.45) is 1.91. The summed E-state index contributed by atoms with van der Waals surface area (Å²) in [6.45, 7) is 2.55. The third-order valence-electron chi connectivity index (χ3n) is 2.93. The molecule has 108 valence electrons. The standard InChI is InChI=1S/C13H23N3O2S/c1-4-7-11(10-14)15-12-8-5-6-9-13(12)19(17,18)16(2)3/h5-6,8-9,11,15H,4,7,10,14H2,1-3H3. The summed E-state index contributed by atoms with van der Waals surface area (Å²) in [5.74, 6) is 0. The maximum Gasteiger partial charge on any atom is 0.244 e. The Kier molecular flexibility index (Phi) is 5.78. The summed E-state index contributed by atoms with van der Waals surface area (Å²) >= 11 is 0. The van der Waals surface area contributed by atoms with Gasteiger partial charge >= 0.3 is 0 Å². The first-order valence-corrected chi connectivity index (χ1v) is 7.85. The third-order valence-corrected chi connectivity index (χ3v) is 4.80. The lowest BCUT2D eigenvalue weighted by Crippen LogP contribution is -2.30. The van der Waals surface area contributed by atoms with Gasteiger partial charge in [-0.05, 0) is 18.6 Å². The summed E-state index contributed by atoms with van der Waals surface area (Å²) in [4.78, 5) is 0.287. The molecule has 0 spiro atoms. The van der Waals surface area contributed by atoms with E-state index in [1.165, 1.54) is 18.4 Å². The number of nitrogens with zero attached hydrogens (tertiary/aromatic N) is 1. The molecule has 1 rings (SSSR count). The number of benzene rings is 1. The Morgan fingerprint density at radius 1 is 1.32 bits per heavy atom. The maximum atomic E-state index is 12.2. The molecule has 0 aliphatic carbocycles. The molecule has 1 aromatic rings. The fourth-order valence-electron chi connectivity index (χ4n) is 1.82. The molecule has 0 radical (unpaired) electrons. The second-order valence-electron chi connectivity index (χ2n) is 4.65. The summed E-state index contributed by atoms with van der Waals surface area (Å²) in [6, 6.07) is 7.00. The Labute approximate surface area is 115 Å². The predicted molar refractivity (Wildman–Crippen MR) is 78.7 cm³/mol. The van der Waals surface area contributed by atoms with Crippen molar-refractivity contribution in [2.24, 2.45) is 5.73 Å². The predicted octanol–water partition coefficient (Wildman–Crippen LogP) is 1.48. The summed E-state index contributed by atoms with van der Waals surface area (Å²) < 4.78 is 25.7. The lowest BCUT2D eigenvalue weighted by Gasteiger charge is -2.21. The monoisotopic (exact) mass is 285 g/mol. The third kappa shape index (κ3) is 3.92. The van der Waals surface area contributed by atoms with Crippen molar-refractivity contribution in [2.45, 2.75) is 30.7 Å². The van der Waals surface area contributed by atoms with Crippen LogP contribution < -0.4 is 11.1 Å². The highest BCUT2D eigenvalue weighted by Crippen LogP contribution is 2.24. The topological polar surface area (TPSA) is 75.4 Å². The molecule has 0 heterocycles. The SMILES string of the molecule is CCCC(CN)Nc1ccccc1S(=O)(=O)N(C)C. The molecule has 0 aliphatic heterocycles. The number of anilines is 1. The Bertz CT molecular complexity index is 500. The van der Waals surface area contributed by atoms with Crippen LogP contribution >= 0.6 is 0 Å².